The van der Waals surface area contributed by atoms with Crippen molar-refractivity contribution in [2.24, 2.45) is 5.92 Å². The molecule has 2 aromatic heterocycles. The van der Waals surface area contributed by atoms with Crippen molar-refractivity contribution in [2.45, 2.75) is 19.8 Å². The minimum absolute atomic E-state index is 0.00517. The fourth-order valence-corrected chi connectivity index (χ4v) is 4.66. The van der Waals surface area contributed by atoms with Gasteiger partial charge in [0.2, 0.25) is 16.0 Å². The lowest BCUT2D eigenvalue weighted by Gasteiger charge is -2.37. The average Bonchev–Trinajstić information content (AvgIpc) is 3.06. The molecule has 26 heavy (non-hydrogen) atoms. The van der Waals surface area contributed by atoms with Crippen molar-refractivity contribution in [3.8, 4) is 0 Å². The smallest absolute Gasteiger partial charge is 0.275 e. The van der Waals surface area contributed by atoms with Crippen LogP contribution in [0.1, 0.15) is 18.5 Å². The monoisotopic (exact) mass is 376 g/mol. The van der Waals surface area contributed by atoms with Gasteiger partial charge in [0.1, 0.15) is 0 Å². The molecular weight excluding hydrogens is 352 g/mol. The molecule has 0 spiro atoms. The molecule has 0 aliphatic carbocycles. The summed E-state index contributed by atoms with van der Waals surface area (Å²) < 4.78 is 1.36. The van der Waals surface area contributed by atoms with Crippen LogP contribution in [0, 0.1) is 12.8 Å². The Morgan fingerprint density at radius 3 is 2.77 bits per heavy atom. The van der Waals surface area contributed by atoms with E-state index < -0.39 is 0 Å². The van der Waals surface area contributed by atoms with Crippen LogP contribution in [0.4, 0.5) is 5.13 Å². The van der Waals surface area contributed by atoms with E-state index in [1.54, 1.807) is 0 Å². The zero-order valence-electron chi connectivity index (χ0n) is 15.2. The summed E-state index contributed by atoms with van der Waals surface area (Å²) in [5, 5.41) is 5.22. The molecule has 0 N–H and O–H groups in total. The summed E-state index contributed by atoms with van der Waals surface area (Å²) in [5.74, 6) is 0.264. The molecule has 9 heteroatoms. The minimum Gasteiger partial charge on any atom is -0.346 e. The van der Waals surface area contributed by atoms with E-state index in [1.807, 2.05) is 11.8 Å². The van der Waals surface area contributed by atoms with Gasteiger partial charge in [0.15, 0.2) is 0 Å². The zero-order chi connectivity index (χ0) is 18.3. The number of fused-ring (bicyclic) bond motifs is 1. The molecule has 0 radical (unpaired) electrons. The number of aromatic nitrogens is 3. The molecule has 0 aromatic carbocycles. The first kappa shape index (κ1) is 17.4. The zero-order valence-corrected chi connectivity index (χ0v) is 16.0. The average molecular weight is 376 g/mol. The van der Waals surface area contributed by atoms with Crippen molar-refractivity contribution in [2.75, 3.05) is 51.2 Å². The fourth-order valence-electron chi connectivity index (χ4n) is 3.68. The summed E-state index contributed by atoms with van der Waals surface area (Å²) in [6, 6.07) is 1.49. The summed E-state index contributed by atoms with van der Waals surface area (Å²) in [6.45, 7) is 6.84. The number of piperidine rings is 1. The maximum atomic E-state index is 12.9. The van der Waals surface area contributed by atoms with Crippen molar-refractivity contribution in [3.63, 3.8) is 0 Å². The van der Waals surface area contributed by atoms with E-state index >= 15 is 0 Å². The van der Waals surface area contributed by atoms with Crippen LogP contribution in [0.2, 0.25) is 0 Å². The molecule has 2 aliphatic heterocycles. The molecule has 2 aliphatic rings. The number of anilines is 1. The predicted molar refractivity (Wildman–Crippen MR) is 101 cm³/mol. The van der Waals surface area contributed by atoms with E-state index in [2.05, 4.69) is 26.9 Å². The number of carbonyl (C=O) groups is 1. The molecule has 1 atom stereocenters. The highest BCUT2D eigenvalue weighted by molar-refractivity contribution is 7.20. The van der Waals surface area contributed by atoms with Gasteiger partial charge in [-0.25, -0.2) is 4.98 Å². The van der Waals surface area contributed by atoms with Crippen molar-refractivity contribution >= 4 is 27.3 Å². The minimum atomic E-state index is -0.155. The first-order valence-corrected chi connectivity index (χ1v) is 9.93. The summed E-state index contributed by atoms with van der Waals surface area (Å²) in [7, 11) is 2.09. The van der Waals surface area contributed by atoms with Gasteiger partial charge in [-0.3, -0.25) is 9.59 Å². The Labute approximate surface area is 156 Å². The number of amides is 1. The van der Waals surface area contributed by atoms with Crippen LogP contribution in [-0.2, 0) is 4.79 Å². The van der Waals surface area contributed by atoms with E-state index in [0.717, 1.165) is 50.7 Å². The lowest BCUT2D eigenvalue weighted by molar-refractivity contribution is -0.137. The van der Waals surface area contributed by atoms with Gasteiger partial charge in [0.05, 0.1) is 5.92 Å². The number of aryl methyl sites for hydroxylation is 1. The second-order valence-corrected chi connectivity index (χ2v) is 8.16. The van der Waals surface area contributed by atoms with Crippen LogP contribution in [0.3, 0.4) is 0 Å². The standard InChI is InChI=1S/C17H24N6O2S/c1-12-10-14(24)23-16(18-12)26-17(19-23)22-5-3-4-13(11-22)15(25)21-8-6-20(2)7-9-21/h10,13H,3-9,11H2,1-2H3/t13-/m1/s1. The second-order valence-electron chi connectivity index (χ2n) is 7.23. The topological polar surface area (TPSA) is 74.1 Å². The van der Waals surface area contributed by atoms with Crippen molar-refractivity contribution in [1.82, 2.24) is 24.4 Å². The Balaban J connectivity index is 1.51. The highest BCUT2D eigenvalue weighted by atomic mass is 32.1. The van der Waals surface area contributed by atoms with Crippen LogP contribution < -0.4 is 10.5 Å². The Bertz CT molecular complexity index is 870. The summed E-state index contributed by atoms with van der Waals surface area (Å²) in [4.78, 5) is 36.4. The van der Waals surface area contributed by atoms with Crippen LogP contribution in [-0.4, -0.2) is 76.6 Å². The number of piperazine rings is 1. The van der Waals surface area contributed by atoms with E-state index in [0.29, 0.717) is 17.2 Å². The van der Waals surface area contributed by atoms with E-state index in [9.17, 15) is 9.59 Å². The molecule has 8 nitrogen and oxygen atoms in total. The quantitative estimate of drug-likeness (QED) is 0.758. The lowest BCUT2D eigenvalue weighted by atomic mass is 9.96. The highest BCUT2D eigenvalue weighted by Gasteiger charge is 2.31. The van der Waals surface area contributed by atoms with Crippen LogP contribution >= 0.6 is 11.3 Å². The lowest BCUT2D eigenvalue weighted by Crippen LogP contribution is -2.51. The van der Waals surface area contributed by atoms with Gasteiger partial charge in [-0.2, -0.15) is 4.52 Å². The molecule has 140 valence electrons. The maximum Gasteiger partial charge on any atom is 0.275 e. The third-order valence-electron chi connectivity index (χ3n) is 5.22. The summed E-state index contributed by atoms with van der Waals surface area (Å²) in [5.41, 5.74) is 0.545. The van der Waals surface area contributed by atoms with Gasteiger partial charge in [-0.1, -0.05) is 11.3 Å². The Morgan fingerprint density at radius 2 is 2.00 bits per heavy atom. The third kappa shape index (κ3) is 3.33. The molecule has 0 unspecified atom stereocenters. The van der Waals surface area contributed by atoms with Gasteiger partial charge in [0.25, 0.3) is 5.56 Å². The molecule has 2 fully saturated rings. The van der Waals surface area contributed by atoms with Crippen LogP contribution in [0.15, 0.2) is 10.9 Å². The normalized spacial score (nSPS) is 22.2. The molecular formula is C17H24N6O2S. The van der Waals surface area contributed by atoms with E-state index in [4.69, 9.17) is 0 Å². The van der Waals surface area contributed by atoms with Crippen molar-refractivity contribution in [3.05, 3.63) is 22.1 Å². The largest absolute Gasteiger partial charge is 0.346 e. The summed E-state index contributed by atoms with van der Waals surface area (Å²) >= 11 is 1.42. The molecule has 0 bridgehead atoms. The van der Waals surface area contributed by atoms with Gasteiger partial charge >= 0.3 is 0 Å². The predicted octanol–water partition coefficient (Wildman–Crippen LogP) is 0.450. The third-order valence-corrected chi connectivity index (χ3v) is 6.19. The molecule has 2 saturated heterocycles. The Morgan fingerprint density at radius 1 is 1.23 bits per heavy atom. The number of likely N-dealkylation sites (N-methyl/N-ethyl adjacent to an activating group) is 1. The number of hydrogen-bond donors (Lipinski definition) is 0. The molecule has 4 heterocycles. The van der Waals surface area contributed by atoms with E-state index in [1.165, 1.54) is 21.9 Å². The highest BCUT2D eigenvalue weighted by Crippen LogP contribution is 2.27. The first-order valence-electron chi connectivity index (χ1n) is 9.11. The number of rotatable bonds is 2. The number of nitrogens with zero attached hydrogens (tertiary/aromatic N) is 6. The van der Waals surface area contributed by atoms with Gasteiger partial charge in [-0.05, 0) is 26.8 Å². The SMILES string of the molecule is Cc1cc(=O)n2nc(N3CCC[C@@H](C(=O)N4CCN(C)CC4)C3)sc2n1. The van der Waals surface area contributed by atoms with Gasteiger partial charge in [-0.15, -0.1) is 5.10 Å². The second kappa shape index (κ2) is 6.96. The van der Waals surface area contributed by atoms with Crippen LogP contribution in [0.5, 0.6) is 0 Å². The Hall–Kier alpha value is -2.00. The first-order chi connectivity index (χ1) is 12.5. The van der Waals surface area contributed by atoms with Crippen molar-refractivity contribution in [1.29, 1.82) is 0 Å². The number of carbonyl (C=O) groups excluding carboxylic acids is 1. The van der Waals surface area contributed by atoms with Crippen molar-refractivity contribution < 1.29 is 4.79 Å². The van der Waals surface area contributed by atoms with E-state index in [-0.39, 0.29) is 17.4 Å². The molecule has 0 saturated carbocycles. The van der Waals surface area contributed by atoms with Gasteiger partial charge in [0, 0.05) is 51.0 Å². The van der Waals surface area contributed by atoms with Gasteiger partial charge < -0.3 is 14.7 Å². The number of hydrogen-bond acceptors (Lipinski definition) is 7. The maximum absolute atomic E-state index is 12.9. The Kier molecular flexibility index (Phi) is 4.66. The molecule has 4 rings (SSSR count). The summed E-state index contributed by atoms with van der Waals surface area (Å²) in [6.07, 6.45) is 1.88. The fraction of sp³-hybridized carbons (Fsp3) is 0.647. The molecule has 2 aromatic rings. The molecule has 1 amide bonds. The van der Waals surface area contributed by atoms with Crippen LogP contribution in [0.25, 0.3) is 4.96 Å².